The molecule has 4 aromatic rings. The normalized spacial score (nSPS) is 13.4. The first kappa shape index (κ1) is 27.6. The van der Waals surface area contributed by atoms with E-state index < -0.39 is 17.1 Å². The van der Waals surface area contributed by atoms with E-state index in [1.54, 1.807) is 76.5 Å². The van der Waals surface area contributed by atoms with E-state index in [0.717, 1.165) is 11.1 Å². The number of nitrogens with one attached hydrogen (secondary N) is 1. The third kappa shape index (κ3) is 6.34. The number of benzene rings is 2. The maximum Gasteiger partial charge on any atom is 0.336 e. The minimum absolute atomic E-state index is 0.0426. The van der Waals surface area contributed by atoms with Gasteiger partial charge >= 0.3 is 5.97 Å². The van der Waals surface area contributed by atoms with Crippen LogP contribution in [-0.4, -0.2) is 47.7 Å². The van der Waals surface area contributed by atoms with Crippen molar-refractivity contribution in [3.63, 3.8) is 0 Å². The van der Waals surface area contributed by atoms with Crippen molar-refractivity contribution < 1.29 is 14.3 Å². The van der Waals surface area contributed by atoms with Crippen molar-refractivity contribution in [2.45, 2.75) is 65.0 Å². The Balaban J connectivity index is 1.62. The Morgan fingerprint density at radius 3 is 1.92 bits per heavy atom. The van der Waals surface area contributed by atoms with Gasteiger partial charge in [0.25, 0.3) is 5.91 Å². The summed E-state index contributed by atoms with van der Waals surface area (Å²) in [6.45, 7) is 13.3. The number of amides is 1. The zero-order chi connectivity index (χ0) is 28.4. The molecule has 0 saturated heterocycles. The molecule has 10 nitrogen and oxygen atoms in total. The highest BCUT2D eigenvalue weighted by Crippen LogP contribution is 2.28. The van der Waals surface area contributed by atoms with Gasteiger partial charge < -0.3 is 10.1 Å². The molecule has 0 aliphatic carbocycles. The lowest BCUT2D eigenvalue weighted by atomic mass is 9.86. The Morgan fingerprint density at radius 1 is 0.821 bits per heavy atom. The Kier molecular flexibility index (Phi) is 7.32. The highest BCUT2D eigenvalue weighted by Gasteiger charge is 2.40. The zero-order valence-corrected chi connectivity index (χ0v) is 23.3. The SMILES string of the molecule is CC(C)(C)OC(=O)[C@@](C)(NC(=O)c1ccc(C(C)(C)C)cc1)c1ccc(-c2ncc(-n3ncnn3)cn2)cc1. The van der Waals surface area contributed by atoms with E-state index in [9.17, 15) is 9.59 Å². The lowest BCUT2D eigenvalue weighted by Crippen LogP contribution is -2.52. The average molecular weight is 528 g/mol. The van der Waals surface area contributed by atoms with Gasteiger partial charge in [0, 0.05) is 11.1 Å². The van der Waals surface area contributed by atoms with Crippen LogP contribution in [-0.2, 0) is 20.5 Å². The van der Waals surface area contributed by atoms with Crippen LogP contribution in [0.3, 0.4) is 0 Å². The summed E-state index contributed by atoms with van der Waals surface area (Å²) in [4.78, 5) is 36.9. The molecule has 0 aliphatic rings. The molecule has 4 rings (SSSR count). The van der Waals surface area contributed by atoms with Crippen LogP contribution in [0.15, 0.2) is 67.3 Å². The molecule has 0 bridgehead atoms. The summed E-state index contributed by atoms with van der Waals surface area (Å²) in [5.74, 6) is -0.468. The van der Waals surface area contributed by atoms with E-state index in [0.29, 0.717) is 22.6 Å². The van der Waals surface area contributed by atoms with Gasteiger partial charge in [0.15, 0.2) is 17.7 Å². The minimum atomic E-state index is -1.45. The Labute approximate surface area is 227 Å². The summed E-state index contributed by atoms with van der Waals surface area (Å²) >= 11 is 0. The van der Waals surface area contributed by atoms with Crippen LogP contribution in [0.5, 0.6) is 0 Å². The largest absolute Gasteiger partial charge is 0.458 e. The molecule has 0 unspecified atom stereocenters. The quantitative estimate of drug-likeness (QED) is 0.366. The number of carbonyl (C=O) groups excluding carboxylic acids is 2. The predicted octanol–water partition coefficient (Wildman–Crippen LogP) is 4.40. The molecule has 0 radical (unpaired) electrons. The maximum absolute atomic E-state index is 13.5. The predicted molar refractivity (Wildman–Crippen MR) is 146 cm³/mol. The fourth-order valence-corrected chi connectivity index (χ4v) is 3.85. The van der Waals surface area contributed by atoms with E-state index >= 15 is 0 Å². The molecule has 39 heavy (non-hydrogen) atoms. The molecular weight excluding hydrogens is 494 g/mol. The van der Waals surface area contributed by atoms with E-state index in [1.807, 2.05) is 12.1 Å². The monoisotopic (exact) mass is 527 g/mol. The fourth-order valence-electron chi connectivity index (χ4n) is 3.85. The standard InChI is InChI=1S/C29H33N7O3/c1-27(2,3)21-12-10-20(11-13-21)25(37)34-29(7,26(38)39-28(4,5)6)22-14-8-19(9-15-22)24-30-16-23(17-31-24)36-33-18-32-35-36/h8-18H,1-7H3,(H,34,37)/t29-/m0/s1. The van der Waals surface area contributed by atoms with Crippen LogP contribution < -0.4 is 5.32 Å². The highest BCUT2D eigenvalue weighted by molar-refractivity contribution is 5.98. The van der Waals surface area contributed by atoms with Crippen LogP contribution in [0, 0.1) is 0 Å². The van der Waals surface area contributed by atoms with Crippen LogP contribution in [0.25, 0.3) is 17.1 Å². The molecule has 1 N–H and O–H groups in total. The van der Waals surface area contributed by atoms with E-state index in [1.165, 1.54) is 11.1 Å². The number of esters is 1. The number of rotatable bonds is 6. The Hall–Kier alpha value is -4.47. The van der Waals surface area contributed by atoms with Crippen molar-refractivity contribution in [2.75, 3.05) is 0 Å². The van der Waals surface area contributed by atoms with Crippen molar-refractivity contribution in [3.05, 3.63) is 83.9 Å². The van der Waals surface area contributed by atoms with Crippen LogP contribution in [0.1, 0.15) is 70.0 Å². The molecule has 202 valence electrons. The van der Waals surface area contributed by atoms with Gasteiger partial charge in [-0.25, -0.2) is 14.8 Å². The lowest BCUT2D eigenvalue weighted by Gasteiger charge is -2.33. The molecule has 1 amide bonds. The van der Waals surface area contributed by atoms with Crippen LogP contribution >= 0.6 is 0 Å². The van der Waals surface area contributed by atoms with Gasteiger partial charge in [-0.15, -0.1) is 15.0 Å². The second-order valence-corrected chi connectivity index (χ2v) is 11.5. The van der Waals surface area contributed by atoms with Crippen molar-refractivity contribution in [1.29, 1.82) is 0 Å². The maximum atomic E-state index is 13.5. The molecular formula is C29H33N7O3. The summed E-state index contributed by atoms with van der Waals surface area (Å²) in [5.41, 5.74) is 1.18. The van der Waals surface area contributed by atoms with Gasteiger partial charge in [-0.05, 0) is 61.6 Å². The third-order valence-corrected chi connectivity index (χ3v) is 6.12. The van der Waals surface area contributed by atoms with Crippen LogP contribution in [0.2, 0.25) is 0 Å². The molecule has 1 atom stereocenters. The third-order valence-electron chi connectivity index (χ3n) is 6.12. The number of nitrogens with zero attached hydrogens (tertiary/aromatic N) is 6. The smallest absolute Gasteiger partial charge is 0.336 e. The van der Waals surface area contributed by atoms with Gasteiger partial charge in [0.2, 0.25) is 0 Å². The molecule has 2 aromatic heterocycles. The van der Waals surface area contributed by atoms with E-state index in [2.05, 4.69) is 51.5 Å². The molecule has 0 spiro atoms. The number of tetrazole rings is 1. The van der Waals surface area contributed by atoms with Gasteiger partial charge in [-0.1, -0.05) is 57.2 Å². The molecule has 10 heteroatoms. The first-order valence-corrected chi connectivity index (χ1v) is 12.6. The first-order valence-electron chi connectivity index (χ1n) is 12.6. The molecule has 0 saturated carbocycles. The number of hydrogen-bond acceptors (Lipinski definition) is 8. The van der Waals surface area contributed by atoms with Gasteiger partial charge in [0.1, 0.15) is 11.3 Å². The van der Waals surface area contributed by atoms with Gasteiger partial charge in [-0.2, -0.15) is 0 Å². The summed E-state index contributed by atoms with van der Waals surface area (Å²) in [6, 6.07) is 14.5. The summed E-state index contributed by atoms with van der Waals surface area (Å²) < 4.78 is 5.72. The number of carbonyl (C=O) groups is 2. The van der Waals surface area contributed by atoms with E-state index in [-0.39, 0.29) is 11.3 Å². The highest BCUT2D eigenvalue weighted by atomic mass is 16.6. The Bertz CT molecular complexity index is 1440. The minimum Gasteiger partial charge on any atom is -0.458 e. The second-order valence-electron chi connectivity index (χ2n) is 11.5. The van der Waals surface area contributed by atoms with Crippen molar-refractivity contribution in [2.24, 2.45) is 0 Å². The lowest BCUT2D eigenvalue weighted by molar-refractivity contribution is -0.162. The van der Waals surface area contributed by atoms with Crippen molar-refractivity contribution in [3.8, 4) is 17.1 Å². The zero-order valence-electron chi connectivity index (χ0n) is 23.3. The van der Waals surface area contributed by atoms with Crippen molar-refractivity contribution in [1.82, 2.24) is 35.5 Å². The molecule has 0 aliphatic heterocycles. The van der Waals surface area contributed by atoms with Crippen molar-refractivity contribution >= 4 is 11.9 Å². The average Bonchev–Trinajstić information content (AvgIpc) is 3.42. The molecule has 0 fully saturated rings. The Morgan fingerprint density at radius 2 is 1.41 bits per heavy atom. The van der Waals surface area contributed by atoms with Crippen LogP contribution in [0.4, 0.5) is 0 Å². The second kappa shape index (κ2) is 10.4. The topological polar surface area (TPSA) is 125 Å². The number of aromatic nitrogens is 6. The molecule has 2 aromatic carbocycles. The fraction of sp³-hybridized carbons (Fsp3) is 0.345. The van der Waals surface area contributed by atoms with Gasteiger partial charge in [0.05, 0.1) is 12.4 Å². The molecule has 2 heterocycles. The summed E-state index contributed by atoms with van der Waals surface area (Å²) in [5, 5.41) is 14.4. The number of hydrogen-bond donors (Lipinski definition) is 1. The van der Waals surface area contributed by atoms with Gasteiger partial charge in [-0.3, -0.25) is 4.79 Å². The first-order chi connectivity index (χ1) is 18.3. The summed E-state index contributed by atoms with van der Waals surface area (Å²) in [6.07, 6.45) is 4.51. The van der Waals surface area contributed by atoms with E-state index in [4.69, 9.17) is 4.74 Å². The summed E-state index contributed by atoms with van der Waals surface area (Å²) in [7, 11) is 0. The number of ether oxygens (including phenoxy) is 1.